The third-order valence-corrected chi connectivity index (χ3v) is 3.50. The van der Waals surface area contributed by atoms with Gasteiger partial charge in [-0.1, -0.05) is 6.92 Å². The largest absolute Gasteiger partial charge is 0.379 e. The molecule has 0 spiro atoms. The molecule has 2 N–H and O–H groups in total. The van der Waals surface area contributed by atoms with E-state index in [2.05, 4.69) is 46.2 Å². The average molecular weight is 267 g/mol. The van der Waals surface area contributed by atoms with Crippen LogP contribution in [-0.2, 0) is 11.3 Å². The van der Waals surface area contributed by atoms with Crippen LogP contribution in [-0.4, -0.2) is 47.1 Å². The molecule has 0 saturated carbocycles. The van der Waals surface area contributed by atoms with Crippen LogP contribution in [0.4, 0.5) is 5.95 Å². The smallest absolute Gasteiger partial charge is 0.224 e. The first-order chi connectivity index (χ1) is 9.31. The first kappa shape index (κ1) is 14.3. The summed E-state index contributed by atoms with van der Waals surface area (Å²) in [6, 6.07) is 0.351. The molecule has 0 aromatic carbocycles. The molecule has 19 heavy (non-hydrogen) atoms. The monoisotopic (exact) mass is 267 g/mol. The van der Waals surface area contributed by atoms with Gasteiger partial charge in [0.15, 0.2) is 0 Å². The maximum absolute atomic E-state index is 5.63. The third-order valence-electron chi connectivity index (χ3n) is 3.50. The molecule has 1 saturated heterocycles. The SMILES string of the molecule is CCCNC1COCC1c1nnc(NCC)n1CC. The van der Waals surface area contributed by atoms with Crippen molar-refractivity contribution in [2.45, 2.75) is 45.7 Å². The fourth-order valence-electron chi connectivity index (χ4n) is 2.53. The van der Waals surface area contributed by atoms with Crippen molar-refractivity contribution < 1.29 is 4.74 Å². The Bertz CT molecular complexity index is 392. The van der Waals surface area contributed by atoms with Gasteiger partial charge in [0.1, 0.15) is 5.82 Å². The average Bonchev–Trinajstić information content (AvgIpc) is 3.02. The number of ether oxygens (including phenoxy) is 1. The van der Waals surface area contributed by atoms with Gasteiger partial charge in [0.05, 0.1) is 19.1 Å². The summed E-state index contributed by atoms with van der Waals surface area (Å²) in [6.07, 6.45) is 1.13. The summed E-state index contributed by atoms with van der Waals surface area (Å²) >= 11 is 0. The van der Waals surface area contributed by atoms with E-state index in [-0.39, 0.29) is 0 Å². The first-order valence-corrected chi connectivity index (χ1v) is 7.29. The summed E-state index contributed by atoms with van der Waals surface area (Å²) in [7, 11) is 0. The summed E-state index contributed by atoms with van der Waals surface area (Å²) in [5.74, 6) is 2.19. The minimum Gasteiger partial charge on any atom is -0.379 e. The molecule has 2 heterocycles. The number of rotatable bonds is 7. The molecule has 1 aliphatic heterocycles. The van der Waals surface area contributed by atoms with Crippen molar-refractivity contribution in [2.24, 2.45) is 0 Å². The van der Waals surface area contributed by atoms with E-state index in [1.165, 1.54) is 0 Å². The number of nitrogens with zero attached hydrogens (tertiary/aromatic N) is 3. The second kappa shape index (κ2) is 6.86. The van der Waals surface area contributed by atoms with E-state index in [0.717, 1.165) is 51.0 Å². The predicted octanol–water partition coefficient (Wildman–Crippen LogP) is 1.21. The van der Waals surface area contributed by atoms with E-state index in [4.69, 9.17) is 4.74 Å². The molecule has 1 fully saturated rings. The van der Waals surface area contributed by atoms with Crippen LogP contribution in [0.2, 0.25) is 0 Å². The molecular weight excluding hydrogens is 242 g/mol. The van der Waals surface area contributed by atoms with Crippen LogP contribution in [0, 0.1) is 0 Å². The van der Waals surface area contributed by atoms with Crippen LogP contribution in [0.3, 0.4) is 0 Å². The highest BCUT2D eigenvalue weighted by Crippen LogP contribution is 2.26. The van der Waals surface area contributed by atoms with Crippen LogP contribution in [0.5, 0.6) is 0 Å². The van der Waals surface area contributed by atoms with Gasteiger partial charge < -0.3 is 15.4 Å². The second-order valence-corrected chi connectivity index (χ2v) is 4.86. The van der Waals surface area contributed by atoms with E-state index >= 15 is 0 Å². The van der Waals surface area contributed by atoms with Gasteiger partial charge in [-0.05, 0) is 26.8 Å². The van der Waals surface area contributed by atoms with E-state index in [9.17, 15) is 0 Å². The normalized spacial score (nSPS) is 22.9. The Hall–Kier alpha value is -1.14. The standard InChI is InChI=1S/C13H25N5O/c1-4-7-15-11-9-19-8-10(11)12-16-17-13(14-5-2)18(12)6-3/h10-11,15H,4-9H2,1-3H3,(H,14,17). The van der Waals surface area contributed by atoms with Crippen molar-refractivity contribution in [3.63, 3.8) is 0 Å². The molecule has 0 bridgehead atoms. The van der Waals surface area contributed by atoms with Crippen molar-refractivity contribution in [3.8, 4) is 0 Å². The molecule has 0 amide bonds. The Morgan fingerprint density at radius 2 is 2.11 bits per heavy atom. The Balaban J connectivity index is 2.15. The molecule has 1 aromatic rings. The lowest BCUT2D eigenvalue weighted by atomic mass is 10.0. The van der Waals surface area contributed by atoms with Crippen LogP contribution in [0.1, 0.15) is 38.9 Å². The van der Waals surface area contributed by atoms with Crippen LogP contribution < -0.4 is 10.6 Å². The lowest BCUT2D eigenvalue weighted by Crippen LogP contribution is -2.36. The van der Waals surface area contributed by atoms with Gasteiger partial charge >= 0.3 is 0 Å². The maximum atomic E-state index is 5.63. The lowest BCUT2D eigenvalue weighted by molar-refractivity contribution is 0.187. The Kier molecular flexibility index (Phi) is 5.15. The number of hydrogen-bond acceptors (Lipinski definition) is 5. The Morgan fingerprint density at radius 1 is 1.26 bits per heavy atom. The Labute approximate surface area is 114 Å². The predicted molar refractivity (Wildman–Crippen MR) is 75.5 cm³/mol. The summed E-state index contributed by atoms with van der Waals surface area (Å²) in [6.45, 7) is 10.6. The van der Waals surface area contributed by atoms with Crippen molar-refractivity contribution in [1.82, 2.24) is 20.1 Å². The van der Waals surface area contributed by atoms with Crippen molar-refractivity contribution in [1.29, 1.82) is 0 Å². The van der Waals surface area contributed by atoms with Gasteiger partial charge in [-0.25, -0.2) is 0 Å². The molecule has 1 aliphatic rings. The first-order valence-electron chi connectivity index (χ1n) is 7.29. The number of hydrogen-bond donors (Lipinski definition) is 2. The summed E-state index contributed by atoms with van der Waals surface area (Å²) < 4.78 is 7.78. The maximum Gasteiger partial charge on any atom is 0.224 e. The van der Waals surface area contributed by atoms with E-state index in [1.807, 2.05) is 0 Å². The van der Waals surface area contributed by atoms with Gasteiger partial charge in [0.25, 0.3) is 0 Å². The van der Waals surface area contributed by atoms with E-state index in [0.29, 0.717) is 12.0 Å². The fourth-order valence-corrected chi connectivity index (χ4v) is 2.53. The molecule has 2 rings (SSSR count). The highest BCUT2D eigenvalue weighted by molar-refractivity contribution is 5.27. The number of nitrogens with one attached hydrogen (secondary N) is 2. The van der Waals surface area contributed by atoms with Gasteiger partial charge in [-0.2, -0.15) is 0 Å². The van der Waals surface area contributed by atoms with Crippen LogP contribution in [0.15, 0.2) is 0 Å². The quantitative estimate of drug-likeness (QED) is 0.777. The molecule has 0 aliphatic carbocycles. The minimum absolute atomic E-state index is 0.298. The van der Waals surface area contributed by atoms with Gasteiger partial charge in [-0.3, -0.25) is 4.57 Å². The molecule has 0 radical (unpaired) electrons. The van der Waals surface area contributed by atoms with E-state index < -0.39 is 0 Å². The van der Waals surface area contributed by atoms with Gasteiger partial charge in [0, 0.05) is 19.1 Å². The molecule has 2 atom stereocenters. The minimum atomic E-state index is 0.298. The number of anilines is 1. The lowest BCUT2D eigenvalue weighted by Gasteiger charge is -2.19. The molecule has 6 heteroatoms. The number of aromatic nitrogens is 3. The molecule has 108 valence electrons. The topological polar surface area (TPSA) is 64.0 Å². The highest BCUT2D eigenvalue weighted by Gasteiger charge is 2.33. The highest BCUT2D eigenvalue weighted by atomic mass is 16.5. The molecule has 6 nitrogen and oxygen atoms in total. The zero-order valence-electron chi connectivity index (χ0n) is 12.1. The fraction of sp³-hybridized carbons (Fsp3) is 0.846. The molecule has 1 aromatic heterocycles. The molecular formula is C13H25N5O. The summed E-state index contributed by atoms with van der Waals surface area (Å²) in [5.41, 5.74) is 0. The van der Waals surface area contributed by atoms with Crippen LogP contribution in [0.25, 0.3) is 0 Å². The summed E-state index contributed by atoms with van der Waals surface area (Å²) in [4.78, 5) is 0. The van der Waals surface area contributed by atoms with Crippen LogP contribution >= 0.6 is 0 Å². The summed E-state index contributed by atoms with van der Waals surface area (Å²) in [5, 5.41) is 15.4. The zero-order chi connectivity index (χ0) is 13.7. The van der Waals surface area contributed by atoms with Crippen molar-refractivity contribution in [2.75, 3.05) is 31.6 Å². The van der Waals surface area contributed by atoms with Gasteiger partial charge in [-0.15, -0.1) is 10.2 Å². The third kappa shape index (κ3) is 3.06. The van der Waals surface area contributed by atoms with Gasteiger partial charge in [0.2, 0.25) is 5.95 Å². The van der Waals surface area contributed by atoms with E-state index in [1.54, 1.807) is 0 Å². The zero-order valence-corrected chi connectivity index (χ0v) is 12.1. The van der Waals surface area contributed by atoms with Crippen molar-refractivity contribution >= 4 is 5.95 Å². The van der Waals surface area contributed by atoms with Crippen molar-refractivity contribution in [3.05, 3.63) is 5.82 Å². The second-order valence-electron chi connectivity index (χ2n) is 4.86. The Morgan fingerprint density at radius 3 is 2.79 bits per heavy atom. The molecule has 2 unspecified atom stereocenters.